The Morgan fingerprint density at radius 2 is 2.20 bits per heavy atom. The van der Waals surface area contributed by atoms with Gasteiger partial charge in [-0.25, -0.2) is 4.98 Å². The van der Waals surface area contributed by atoms with E-state index in [0.29, 0.717) is 12.1 Å². The topological polar surface area (TPSA) is 79.6 Å². The summed E-state index contributed by atoms with van der Waals surface area (Å²) >= 11 is 0. The molecule has 0 amide bonds. The van der Waals surface area contributed by atoms with Crippen LogP contribution < -0.4 is 11.1 Å². The molecule has 1 aliphatic rings. The summed E-state index contributed by atoms with van der Waals surface area (Å²) in [7, 11) is 0. The summed E-state index contributed by atoms with van der Waals surface area (Å²) in [5.41, 5.74) is 5.87. The Morgan fingerprint density at radius 1 is 1.47 bits per heavy atom. The smallest absolute Gasteiger partial charge is 0.141 e. The molecule has 1 aromatic rings. The van der Waals surface area contributed by atoms with Crippen molar-refractivity contribution >= 4 is 0 Å². The first-order chi connectivity index (χ1) is 7.25. The maximum atomic E-state index is 5.87. The van der Waals surface area contributed by atoms with Crippen LogP contribution in [-0.4, -0.2) is 27.3 Å². The van der Waals surface area contributed by atoms with E-state index in [1.165, 1.54) is 12.8 Å². The fraction of sp³-hybridized carbons (Fsp3) is 0.800. The van der Waals surface area contributed by atoms with Gasteiger partial charge in [0.05, 0.1) is 6.04 Å². The maximum absolute atomic E-state index is 5.87. The lowest BCUT2D eigenvalue weighted by Gasteiger charge is -2.28. The van der Waals surface area contributed by atoms with Crippen molar-refractivity contribution in [1.82, 2.24) is 20.5 Å². The Kier molecular flexibility index (Phi) is 3.33. The van der Waals surface area contributed by atoms with Crippen LogP contribution in [0.4, 0.5) is 0 Å². The number of aromatic amines is 1. The molecule has 0 spiro atoms. The molecule has 5 heteroatoms. The molecular formula is C10H19N5. The van der Waals surface area contributed by atoms with Gasteiger partial charge in [-0.3, -0.25) is 5.10 Å². The summed E-state index contributed by atoms with van der Waals surface area (Å²) in [6, 6.07) is 1.22. The Hall–Kier alpha value is -0.940. The van der Waals surface area contributed by atoms with Gasteiger partial charge in [0, 0.05) is 12.1 Å². The van der Waals surface area contributed by atoms with Gasteiger partial charge in [0.2, 0.25) is 0 Å². The van der Waals surface area contributed by atoms with Gasteiger partial charge in [-0.15, -0.1) is 0 Å². The van der Waals surface area contributed by atoms with Crippen LogP contribution in [0.2, 0.25) is 0 Å². The third kappa shape index (κ3) is 2.76. The molecule has 0 aromatic carbocycles. The Bertz CT molecular complexity index is 276. The number of nitrogens with one attached hydrogen (secondary N) is 2. The molecule has 0 bridgehead atoms. The fourth-order valence-corrected chi connectivity index (χ4v) is 2.14. The highest BCUT2D eigenvalue weighted by atomic mass is 15.2. The van der Waals surface area contributed by atoms with Gasteiger partial charge in [-0.1, -0.05) is 0 Å². The molecule has 5 nitrogen and oxygen atoms in total. The maximum Gasteiger partial charge on any atom is 0.141 e. The molecule has 1 unspecified atom stereocenters. The molecule has 1 fully saturated rings. The van der Waals surface area contributed by atoms with Crippen LogP contribution in [0.25, 0.3) is 0 Å². The lowest BCUT2D eigenvalue weighted by molar-refractivity contribution is 0.318. The molecule has 0 radical (unpaired) electrons. The quantitative estimate of drug-likeness (QED) is 0.685. The highest BCUT2D eigenvalue weighted by molar-refractivity contribution is 4.91. The zero-order chi connectivity index (χ0) is 10.7. The van der Waals surface area contributed by atoms with Gasteiger partial charge in [0.1, 0.15) is 12.2 Å². The van der Waals surface area contributed by atoms with E-state index in [1.54, 1.807) is 6.33 Å². The molecular weight excluding hydrogens is 190 g/mol. The number of rotatable bonds is 3. The average molecular weight is 209 g/mol. The number of nitrogens with two attached hydrogens (primary N) is 1. The van der Waals surface area contributed by atoms with Gasteiger partial charge in [-0.05, 0) is 32.6 Å². The molecule has 0 aliphatic heterocycles. The van der Waals surface area contributed by atoms with Crippen LogP contribution in [0.15, 0.2) is 6.33 Å². The summed E-state index contributed by atoms with van der Waals surface area (Å²) in [6.45, 7) is 2.11. The van der Waals surface area contributed by atoms with Crippen LogP contribution >= 0.6 is 0 Å². The van der Waals surface area contributed by atoms with Crippen molar-refractivity contribution in [1.29, 1.82) is 0 Å². The first-order valence-corrected chi connectivity index (χ1v) is 5.62. The second-order valence-electron chi connectivity index (χ2n) is 4.37. The number of nitrogens with zero attached hydrogens (tertiary/aromatic N) is 2. The van der Waals surface area contributed by atoms with Crippen molar-refractivity contribution < 1.29 is 0 Å². The zero-order valence-electron chi connectivity index (χ0n) is 9.11. The molecule has 2 rings (SSSR count). The summed E-state index contributed by atoms with van der Waals surface area (Å²) in [4.78, 5) is 4.14. The predicted octanol–water partition coefficient (Wildman–Crippen LogP) is 0.725. The number of hydrogen-bond donors (Lipinski definition) is 3. The average Bonchev–Trinajstić information content (AvgIpc) is 2.74. The van der Waals surface area contributed by atoms with Crippen molar-refractivity contribution in [2.75, 3.05) is 0 Å². The molecule has 84 valence electrons. The lowest BCUT2D eigenvalue weighted by Crippen LogP contribution is -2.38. The summed E-state index contributed by atoms with van der Waals surface area (Å²) in [5, 5.41) is 10.3. The molecule has 15 heavy (non-hydrogen) atoms. The van der Waals surface area contributed by atoms with E-state index in [2.05, 4.69) is 27.4 Å². The molecule has 0 saturated heterocycles. The summed E-state index contributed by atoms with van der Waals surface area (Å²) in [5.74, 6) is 0.907. The highest BCUT2D eigenvalue weighted by Crippen LogP contribution is 2.19. The Labute approximate surface area is 89.9 Å². The van der Waals surface area contributed by atoms with Crippen molar-refractivity contribution in [3.8, 4) is 0 Å². The van der Waals surface area contributed by atoms with Crippen molar-refractivity contribution in [2.24, 2.45) is 5.73 Å². The van der Waals surface area contributed by atoms with Gasteiger partial charge >= 0.3 is 0 Å². The van der Waals surface area contributed by atoms with Crippen LogP contribution in [-0.2, 0) is 0 Å². The molecule has 1 atom stereocenters. The van der Waals surface area contributed by atoms with Gasteiger partial charge < -0.3 is 11.1 Å². The first-order valence-electron chi connectivity index (χ1n) is 5.62. The monoisotopic (exact) mass is 209 g/mol. The largest absolute Gasteiger partial charge is 0.328 e. The van der Waals surface area contributed by atoms with E-state index in [1.807, 2.05) is 0 Å². The molecule has 1 aliphatic carbocycles. The standard InChI is InChI=1S/C10H19N5/c1-7(10-12-6-13-15-10)14-9-4-2-8(11)3-5-9/h6-9,14H,2-5,11H2,1H3,(H,12,13,15). The molecule has 1 aromatic heterocycles. The van der Waals surface area contributed by atoms with Crippen LogP contribution in [0.3, 0.4) is 0 Å². The third-order valence-electron chi connectivity index (χ3n) is 3.10. The Morgan fingerprint density at radius 3 is 2.80 bits per heavy atom. The van der Waals surface area contributed by atoms with E-state index in [0.717, 1.165) is 18.7 Å². The van der Waals surface area contributed by atoms with Gasteiger partial charge in [0.15, 0.2) is 0 Å². The highest BCUT2D eigenvalue weighted by Gasteiger charge is 2.20. The molecule has 4 N–H and O–H groups in total. The van der Waals surface area contributed by atoms with Crippen LogP contribution in [0.1, 0.15) is 44.5 Å². The second kappa shape index (κ2) is 4.72. The summed E-state index contributed by atoms with van der Waals surface area (Å²) < 4.78 is 0. The molecule has 1 heterocycles. The van der Waals surface area contributed by atoms with E-state index in [4.69, 9.17) is 5.73 Å². The normalized spacial score (nSPS) is 28.9. The van der Waals surface area contributed by atoms with E-state index in [9.17, 15) is 0 Å². The molecule has 1 saturated carbocycles. The van der Waals surface area contributed by atoms with E-state index < -0.39 is 0 Å². The lowest BCUT2D eigenvalue weighted by atomic mass is 9.91. The summed E-state index contributed by atoms with van der Waals surface area (Å²) in [6.07, 6.45) is 6.13. The van der Waals surface area contributed by atoms with Crippen LogP contribution in [0, 0.1) is 0 Å². The minimum Gasteiger partial charge on any atom is -0.328 e. The first kappa shape index (κ1) is 10.6. The van der Waals surface area contributed by atoms with Crippen molar-refractivity contribution in [3.63, 3.8) is 0 Å². The number of H-pyrrole nitrogens is 1. The minimum absolute atomic E-state index is 0.242. The van der Waals surface area contributed by atoms with Crippen molar-refractivity contribution in [2.45, 2.75) is 50.7 Å². The van der Waals surface area contributed by atoms with E-state index >= 15 is 0 Å². The predicted molar refractivity (Wildman–Crippen MR) is 58.2 cm³/mol. The second-order valence-corrected chi connectivity index (χ2v) is 4.37. The van der Waals surface area contributed by atoms with Gasteiger partial charge in [-0.2, -0.15) is 5.10 Å². The fourth-order valence-electron chi connectivity index (χ4n) is 2.14. The van der Waals surface area contributed by atoms with Gasteiger partial charge in [0.25, 0.3) is 0 Å². The minimum atomic E-state index is 0.242. The number of hydrogen-bond acceptors (Lipinski definition) is 4. The van der Waals surface area contributed by atoms with E-state index in [-0.39, 0.29) is 6.04 Å². The third-order valence-corrected chi connectivity index (χ3v) is 3.10. The van der Waals surface area contributed by atoms with Crippen molar-refractivity contribution in [3.05, 3.63) is 12.2 Å². The Balaban J connectivity index is 1.82. The zero-order valence-corrected chi connectivity index (χ0v) is 9.11. The SMILES string of the molecule is CC(NC1CCC(N)CC1)c1ncn[nH]1. The number of aromatic nitrogens is 3. The van der Waals surface area contributed by atoms with Crippen LogP contribution in [0.5, 0.6) is 0 Å².